The normalized spacial score (nSPS) is 11.2. The van der Waals surface area contributed by atoms with Crippen LogP contribution in [0.4, 0.5) is 0 Å². The van der Waals surface area contributed by atoms with Gasteiger partial charge in [-0.3, -0.25) is 40.9 Å². The van der Waals surface area contributed by atoms with E-state index in [2.05, 4.69) is 42.5 Å². The van der Waals surface area contributed by atoms with Crippen molar-refractivity contribution < 1.29 is 29.4 Å². The summed E-state index contributed by atoms with van der Waals surface area (Å²) in [5.74, 6) is -3.18. The fourth-order valence-electron chi connectivity index (χ4n) is 6.37. The van der Waals surface area contributed by atoms with E-state index >= 15 is 0 Å². The molecule has 2 aromatic rings. The molecular weight excluding hydrogens is 656 g/mol. The Balaban J connectivity index is 2.07. The number of aromatic hydroxyl groups is 2. The molecule has 0 saturated heterocycles. The molecule has 4 amide bonds. The van der Waals surface area contributed by atoms with E-state index in [0.29, 0.717) is 30.4 Å². The van der Waals surface area contributed by atoms with Gasteiger partial charge in [-0.15, -0.1) is 0 Å². The minimum absolute atomic E-state index is 0.0247. The molecule has 10 heteroatoms. The highest BCUT2D eigenvalue weighted by atomic mass is 16.3. The molecule has 0 aliphatic rings. The number of aryl methyl sites for hydroxylation is 2. The van der Waals surface area contributed by atoms with Crippen molar-refractivity contribution >= 4 is 23.6 Å². The van der Waals surface area contributed by atoms with Crippen LogP contribution < -0.4 is 21.7 Å². The van der Waals surface area contributed by atoms with Crippen molar-refractivity contribution in [2.24, 2.45) is 5.41 Å². The Morgan fingerprint density at radius 2 is 0.846 bits per heavy atom. The fraction of sp³-hybridized carbons (Fsp3) is 0.619. The number of carbonyl (C=O) groups is 4. The van der Waals surface area contributed by atoms with Gasteiger partial charge in [0.15, 0.2) is 0 Å². The minimum Gasteiger partial charge on any atom is -0.507 e. The maximum atomic E-state index is 13.6. The standard InChI is InChI=1S/C42H66N4O6/c1-5-8-11-14-17-20-25-32-27-23-29-34(36(32)47)38(49)43-45-40(51)42(4,31-22-19-16-13-10-7-3)41(52)46-44-39(50)35-30-24-28-33(37(35)48)26-21-18-15-12-9-6-2/h23-24,27-30,47-48H,5-22,25-26,31H2,1-4H3,(H,43,49)(H,44,50)(H,45,51)(H,46,52). The number of rotatable bonds is 25. The second-order valence-corrected chi connectivity index (χ2v) is 14.3. The van der Waals surface area contributed by atoms with Crippen LogP contribution in [0.1, 0.15) is 182 Å². The van der Waals surface area contributed by atoms with Crippen LogP contribution in [0.3, 0.4) is 0 Å². The molecule has 0 aromatic heterocycles. The predicted molar refractivity (Wildman–Crippen MR) is 208 cm³/mol. The SMILES string of the molecule is CCCCCCCCc1cccc(C(=O)NNC(=O)C(C)(CCCCCCCC)C(=O)NNC(=O)c2cccc(CCCCCCCC)c2O)c1O. The molecule has 0 atom stereocenters. The van der Waals surface area contributed by atoms with E-state index in [1.165, 1.54) is 57.6 Å². The summed E-state index contributed by atoms with van der Waals surface area (Å²) in [4.78, 5) is 53.4. The number of nitrogens with one attached hydrogen (secondary N) is 4. The molecule has 0 unspecified atom stereocenters. The van der Waals surface area contributed by atoms with Gasteiger partial charge in [0, 0.05) is 0 Å². The first-order valence-corrected chi connectivity index (χ1v) is 19.9. The first kappa shape index (κ1) is 44.1. The quantitative estimate of drug-likeness (QED) is 0.0342. The molecule has 2 rings (SSSR count). The van der Waals surface area contributed by atoms with Crippen molar-refractivity contribution in [1.29, 1.82) is 0 Å². The van der Waals surface area contributed by atoms with Crippen LogP contribution in [-0.4, -0.2) is 33.8 Å². The molecule has 0 saturated carbocycles. The Bertz CT molecular complexity index is 1300. The van der Waals surface area contributed by atoms with Crippen LogP contribution in [0.2, 0.25) is 0 Å². The van der Waals surface area contributed by atoms with Crippen molar-refractivity contribution in [3.05, 3.63) is 58.7 Å². The van der Waals surface area contributed by atoms with E-state index < -0.39 is 29.0 Å². The molecule has 6 N–H and O–H groups in total. The van der Waals surface area contributed by atoms with Crippen LogP contribution in [0.5, 0.6) is 11.5 Å². The fourth-order valence-corrected chi connectivity index (χ4v) is 6.37. The van der Waals surface area contributed by atoms with Crippen LogP contribution in [0, 0.1) is 5.41 Å². The van der Waals surface area contributed by atoms with Crippen LogP contribution in [0.15, 0.2) is 36.4 Å². The van der Waals surface area contributed by atoms with Crippen LogP contribution in [-0.2, 0) is 22.4 Å². The third-order valence-corrected chi connectivity index (χ3v) is 9.94. The van der Waals surface area contributed by atoms with E-state index in [9.17, 15) is 29.4 Å². The van der Waals surface area contributed by atoms with Gasteiger partial charge in [-0.05, 0) is 62.3 Å². The molecule has 290 valence electrons. The molecule has 10 nitrogen and oxygen atoms in total. The number of hydrazine groups is 2. The summed E-state index contributed by atoms with van der Waals surface area (Å²) in [5, 5.41) is 21.7. The average Bonchev–Trinajstić information content (AvgIpc) is 3.14. The lowest BCUT2D eigenvalue weighted by atomic mass is 9.82. The molecule has 2 aromatic carbocycles. The smallest absolute Gasteiger partial charge is 0.273 e. The number of amides is 4. The second-order valence-electron chi connectivity index (χ2n) is 14.3. The summed E-state index contributed by atoms with van der Waals surface area (Å²) in [7, 11) is 0. The Morgan fingerprint density at radius 3 is 1.23 bits per heavy atom. The number of unbranched alkanes of at least 4 members (excludes halogenated alkanes) is 15. The molecule has 0 fully saturated rings. The average molecular weight is 723 g/mol. The number of benzene rings is 2. The molecule has 0 aliphatic carbocycles. The highest BCUT2D eigenvalue weighted by molar-refractivity contribution is 6.07. The van der Waals surface area contributed by atoms with Crippen LogP contribution in [0.25, 0.3) is 0 Å². The Morgan fingerprint density at radius 1 is 0.500 bits per heavy atom. The molecule has 0 heterocycles. The van der Waals surface area contributed by atoms with Crippen molar-refractivity contribution in [2.75, 3.05) is 0 Å². The summed E-state index contributed by atoms with van der Waals surface area (Å²) in [5.41, 5.74) is 9.24. The number of phenolic OH excluding ortho intramolecular Hbond substituents is 2. The highest BCUT2D eigenvalue weighted by Crippen LogP contribution is 2.28. The summed E-state index contributed by atoms with van der Waals surface area (Å²) in [6, 6.07) is 9.94. The van der Waals surface area contributed by atoms with Gasteiger partial charge in [0.2, 0.25) is 0 Å². The van der Waals surface area contributed by atoms with E-state index in [-0.39, 0.29) is 29.0 Å². The summed E-state index contributed by atoms with van der Waals surface area (Å²) < 4.78 is 0. The first-order chi connectivity index (χ1) is 25.1. The lowest BCUT2D eigenvalue weighted by molar-refractivity contribution is -0.144. The van der Waals surface area contributed by atoms with Crippen molar-refractivity contribution in [2.45, 2.75) is 163 Å². The van der Waals surface area contributed by atoms with Crippen molar-refractivity contribution in [1.82, 2.24) is 21.7 Å². The Hall–Kier alpha value is -4.08. The van der Waals surface area contributed by atoms with Gasteiger partial charge in [-0.25, -0.2) is 0 Å². The van der Waals surface area contributed by atoms with E-state index in [1.54, 1.807) is 24.3 Å². The Labute approximate surface area is 312 Å². The zero-order valence-corrected chi connectivity index (χ0v) is 32.3. The predicted octanol–water partition coefficient (Wildman–Crippen LogP) is 8.88. The van der Waals surface area contributed by atoms with Crippen LogP contribution >= 0.6 is 0 Å². The van der Waals surface area contributed by atoms with E-state index in [4.69, 9.17) is 0 Å². The van der Waals surface area contributed by atoms with Gasteiger partial charge in [-0.1, -0.05) is 148 Å². The largest absolute Gasteiger partial charge is 0.507 e. The zero-order chi connectivity index (χ0) is 38.2. The van der Waals surface area contributed by atoms with Crippen molar-refractivity contribution in [3.8, 4) is 11.5 Å². The number of hydrogen-bond donors (Lipinski definition) is 6. The van der Waals surface area contributed by atoms with E-state index in [0.717, 1.165) is 70.6 Å². The number of hydrogen-bond acceptors (Lipinski definition) is 6. The number of carbonyl (C=O) groups excluding carboxylic acids is 4. The lowest BCUT2D eigenvalue weighted by Gasteiger charge is -2.27. The lowest BCUT2D eigenvalue weighted by Crippen LogP contribution is -2.57. The van der Waals surface area contributed by atoms with Gasteiger partial charge in [0.25, 0.3) is 23.6 Å². The van der Waals surface area contributed by atoms with Gasteiger partial charge in [-0.2, -0.15) is 0 Å². The molecule has 52 heavy (non-hydrogen) atoms. The molecule has 0 bridgehead atoms. The highest BCUT2D eigenvalue weighted by Gasteiger charge is 2.41. The maximum Gasteiger partial charge on any atom is 0.273 e. The zero-order valence-electron chi connectivity index (χ0n) is 32.3. The molecule has 0 radical (unpaired) electrons. The topological polar surface area (TPSA) is 157 Å². The molecule has 0 spiro atoms. The van der Waals surface area contributed by atoms with Gasteiger partial charge in [0.05, 0.1) is 11.1 Å². The second kappa shape index (κ2) is 25.0. The van der Waals surface area contributed by atoms with Crippen molar-refractivity contribution in [3.63, 3.8) is 0 Å². The summed E-state index contributed by atoms with van der Waals surface area (Å²) in [6.45, 7) is 7.95. The van der Waals surface area contributed by atoms with E-state index in [1.807, 2.05) is 0 Å². The van der Waals surface area contributed by atoms with Gasteiger partial charge >= 0.3 is 0 Å². The molecule has 0 aliphatic heterocycles. The number of para-hydroxylation sites is 2. The number of phenols is 2. The summed E-state index contributed by atoms with van der Waals surface area (Å²) >= 11 is 0. The minimum atomic E-state index is -1.66. The van der Waals surface area contributed by atoms with Gasteiger partial charge < -0.3 is 10.2 Å². The third-order valence-electron chi connectivity index (χ3n) is 9.94. The monoisotopic (exact) mass is 722 g/mol. The van der Waals surface area contributed by atoms with Gasteiger partial charge in [0.1, 0.15) is 16.9 Å². The molecular formula is C42H66N4O6. The summed E-state index contributed by atoms with van der Waals surface area (Å²) in [6.07, 6.45) is 20.3. The Kier molecular flexibility index (Phi) is 21.2. The maximum absolute atomic E-state index is 13.6. The first-order valence-electron chi connectivity index (χ1n) is 19.9. The third kappa shape index (κ3) is 14.9.